The van der Waals surface area contributed by atoms with E-state index < -0.39 is 0 Å². The molecule has 27 heavy (non-hydrogen) atoms. The first-order valence-electron chi connectivity index (χ1n) is 10.1. The lowest BCUT2D eigenvalue weighted by molar-refractivity contribution is -0.119. The Balaban J connectivity index is 1.41. The van der Waals surface area contributed by atoms with E-state index in [2.05, 4.69) is 11.0 Å². The topological polar surface area (TPSA) is 79.5 Å². The summed E-state index contributed by atoms with van der Waals surface area (Å²) >= 11 is 1.60. The molecule has 1 aliphatic carbocycles. The summed E-state index contributed by atoms with van der Waals surface area (Å²) < 4.78 is 0. The van der Waals surface area contributed by atoms with Crippen LogP contribution in [0.25, 0.3) is 0 Å². The van der Waals surface area contributed by atoms with Crippen molar-refractivity contribution in [1.29, 1.82) is 0 Å². The van der Waals surface area contributed by atoms with E-state index in [9.17, 15) is 9.59 Å². The van der Waals surface area contributed by atoms with Crippen LogP contribution >= 0.6 is 11.3 Å². The van der Waals surface area contributed by atoms with Crippen molar-refractivity contribution in [2.45, 2.75) is 50.9 Å². The SMILES string of the molecule is NC(=O)CN1CCC(c2nc(C(=O)N3CCCC4CCCC=C43)cs2)CC1. The van der Waals surface area contributed by atoms with Crippen molar-refractivity contribution in [3.63, 3.8) is 0 Å². The van der Waals surface area contributed by atoms with Gasteiger partial charge in [0.2, 0.25) is 5.91 Å². The van der Waals surface area contributed by atoms with Crippen LogP contribution in [0.1, 0.15) is 66.4 Å². The molecule has 3 aliphatic rings. The number of primary amides is 1. The molecular weight excluding hydrogens is 360 g/mol. The minimum absolute atomic E-state index is 0.0708. The molecule has 146 valence electrons. The van der Waals surface area contributed by atoms with Gasteiger partial charge in [-0.1, -0.05) is 6.08 Å². The normalized spacial score (nSPS) is 24.4. The van der Waals surface area contributed by atoms with Crippen LogP contribution in [0.15, 0.2) is 17.2 Å². The highest BCUT2D eigenvalue weighted by Crippen LogP contribution is 2.36. The third kappa shape index (κ3) is 4.09. The third-order valence-corrected chi connectivity index (χ3v) is 7.08. The summed E-state index contributed by atoms with van der Waals surface area (Å²) in [5, 5.41) is 2.99. The molecule has 0 bridgehead atoms. The predicted octanol–water partition coefficient (Wildman–Crippen LogP) is 2.73. The standard InChI is InChI=1S/C20H28N4O2S/c21-18(25)12-23-10-7-15(8-11-23)19-22-16(13-27-19)20(26)24-9-3-5-14-4-1-2-6-17(14)24/h6,13-15H,1-5,7-12H2,(H2,21,25). The van der Waals surface area contributed by atoms with Crippen LogP contribution in [0.2, 0.25) is 0 Å². The number of carbonyl (C=O) groups is 2. The van der Waals surface area contributed by atoms with Crippen LogP contribution in [0, 0.1) is 5.92 Å². The number of piperidine rings is 2. The third-order valence-electron chi connectivity index (χ3n) is 6.08. The fourth-order valence-corrected chi connectivity index (χ4v) is 5.63. The van der Waals surface area contributed by atoms with Gasteiger partial charge in [-0.05, 0) is 64.0 Å². The maximum Gasteiger partial charge on any atom is 0.277 e. The van der Waals surface area contributed by atoms with Gasteiger partial charge in [-0.2, -0.15) is 0 Å². The Morgan fingerprint density at radius 1 is 1.11 bits per heavy atom. The number of likely N-dealkylation sites (tertiary alicyclic amines) is 2. The molecule has 0 aromatic carbocycles. The van der Waals surface area contributed by atoms with Gasteiger partial charge in [0.15, 0.2) is 0 Å². The molecular formula is C20H28N4O2S. The van der Waals surface area contributed by atoms with Gasteiger partial charge >= 0.3 is 0 Å². The largest absolute Gasteiger partial charge is 0.369 e. The smallest absolute Gasteiger partial charge is 0.277 e. The number of carbonyl (C=O) groups excluding carboxylic acids is 2. The molecule has 2 aliphatic heterocycles. The van der Waals surface area contributed by atoms with Gasteiger partial charge in [0.1, 0.15) is 5.69 Å². The van der Waals surface area contributed by atoms with Gasteiger partial charge in [0.25, 0.3) is 5.91 Å². The molecule has 1 aromatic heterocycles. The number of aromatic nitrogens is 1. The van der Waals surface area contributed by atoms with E-state index in [1.165, 1.54) is 25.0 Å². The number of thiazole rings is 1. The second-order valence-corrected chi connectivity index (χ2v) is 8.83. The summed E-state index contributed by atoms with van der Waals surface area (Å²) in [6.45, 7) is 2.87. The molecule has 2 saturated heterocycles. The first kappa shape index (κ1) is 18.6. The van der Waals surface area contributed by atoms with Gasteiger partial charge in [-0.25, -0.2) is 4.98 Å². The number of allylic oxidation sites excluding steroid dienone is 2. The maximum absolute atomic E-state index is 13.1. The van der Waals surface area contributed by atoms with Crippen LogP contribution < -0.4 is 5.73 Å². The number of nitrogens with two attached hydrogens (primary N) is 1. The van der Waals surface area contributed by atoms with E-state index in [4.69, 9.17) is 10.7 Å². The minimum Gasteiger partial charge on any atom is -0.369 e. The van der Waals surface area contributed by atoms with Crippen molar-refractivity contribution in [2.24, 2.45) is 11.7 Å². The maximum atomic E-state index is 13.1. The van der Waals surface area contributed by atoms with Crippen molar-refractivity contribution in [3.05, 3.63) is 27.9 Å². The Morgan fingerprint density at radius 3 is 2.67 bits per heavy atom. The van der Waals surface area contributed by atoms with Gasteiger partial charge in [0.05, 0.1) is 11.6 Å². The van der Waals surface area contributed by atoms with Crippen molar-refractivity contribution < 1.29 is 9.59 Å². The highest BCUT2D eigenvalue weighted by Gasteiger charge is 2.32. The molecule has 1 aromatic rings. The van der Waals surface area contributed by atoms with E-state index in [0.717, 1.165) is 50.3 Å². The second-order valence-electron chi connectivity index (χ2n) is 7.94. The number of rotatable bonds is 4. The lowest BCUT2D eigenvalue weighted by Gasteiger charge is -2.37. The first-order valence-corrected chi connectivity index (χ1v) is 11.0. The Hall–Kier alpha value is -1.73. The van der Waals surface area contributed by atoms with Gasteiger partial charge < -0.3 is 10.6 Å². The molecule has 0 saturated carbocycles. The fourth-order valence-electron chi connectivity index (χ4n) is 4.67. The van der Waals surface area contributed by atoms with E-state index in [-0.39, 0.29) is 11.8 Å². The van der Waals surface area contributed by atoms with Crippen molar-refractivity contribution in [2.75, 3.05) is 26.2 Å². The molecule has 2 fully saturated rings. The zero-order chi connectivity index (χ0) is 18.8. The van der Waals surface area contributed by atoms with Crippen molar-refractivity contribution in [3.8, 4) is 0 Å². The zero-order valence-electron chi connectivity index (χ0n) is 15.7. The molecule has 1 atom stereocenters. The summed E-state index contributed by atoms with van der Waals surface area (Å²) in [5.74, 6) is 0.738. The summed E-state index contributed by atoms with van der Waals surface area (Å²) in [6, 6.07) is 0. The molecule has 2 amide bonds. The van der Waals surface area contributed by atoms with Gasteiger partial charge in [-0.15, -0.1) is 11.3 Å². The number of hydrogen-bond donors (Lipinski definition) is 1. The number of hydrogen-bond acceptors (Lipinski definition) is 5. The van der Waals surface area contributed by atoms with Gasteiger partial charge in [-0.3, -0.25) is 14.5 Å². The molecule has 2 N–H and O–H groups in total. The molecule has 4 rings (SSSR count). The van der Waals surface area contributed by atoms with Crippen molar-refractivity contribution >= 4 is 23.2 Å². The summed E-state index contributed by atoms with van der Waals surface area (Å²) in [5.41, 5.74) is 7.13. The molecule has 1 unspecified atom stereocenters. The second kappa shape index (κ2) is 8.10. The van der Waals surface area contributed by atoms with E-state index in [1.807, 2.05) is 10.3 Å². The Labute approximate surface area is 164 Å². The Bertz CT molecular complexity index is 736. The van der Waals surface area contributed by atoms with E-state index >= 15 is 0 Å². The highest BCUT2D eigenvalue weighted by molar-refractivity contribution is 7.09. The summed E-state index contributed by atoms with van der Waals surface area (Å²) in [4.78, 5) is 33.0. The van der Waals surface area contributed by atoms with Crippen LogP contribution in [-0.2, 0) is 4.79 Å². The van der Waals surface area contributed by atoms with Crippen molar-refractivity contribution in [1.82, 2.24) is 14.8 Å². The molecule has 0 spiro atoms. The summed E-state index contributed by atoms with van der Waals surface area (Å²) in [7, 11) is 0. The average molecular weight is 389 g/mol. The average Bonchev–Trinajstić information content (AvgIpc) is 3.17. The highest BCUT2D eigenvalue weighted by atomic mass is 32.1. The van der Waals surface area contributed by atoms with E-state index in [0.29, 0.717) is 24.1 Å². The summed E-state index contributed by atoms with van der Waals surface area (Å²) in [6.07, 6.45) is 10.0. The van der Waals surface area contributed by atoms with Crippen LogP contribution in [0.4, 0.5) is 0 Å². The predicted molar refractivity (Wildman–Crippen MR) is 105 cm³/mol. The van der Waals surface area contributed by atoms with Crippen LogP contribution in [0.3, 0.4) is 0 Å². The molecule has 6 nitrogen and oxygen atoms in total. The first-order chi connectivity index (χ1) is 13.1. The lowest BCUT2D eigenvalue weighted by atomic mass is 9.85. The molecule has 7 heteroatoms. The number of amides is 2. The van der Waals surface area contributed by atoms with Crippen LogP contribution in [0.5, 0.6) is 0 Å². The fraction of sp³-hybridized carbons (Fsp3) is 0.650. The number of nitrogens with zero attached hydrogens (tertiary/aromatic N) is 3. The quantitative estimate of drug-likeness (QED) is 0.860. The molecule has 0 radical (unpaired) electrons. The Morgan fingerprint density at radius 2 is 1.89 bits per heavy atom. The lowest BCUT2D eigenvalue weighted by Crippen LogP contribution is -2.39. The van der Waals surface area contributed by atoms with E-state index in [1.54, 1.807) is 11.3 Å². The van der Waals surface area contributed by atoms with Gasteiger partial charge in [0, 0.05) is 23.5 Å². The molecule has 3 heterocycles. The zero-order valence-corrected chi connectivity index (χ0v) is 16.5. The minimum atomic E-state index is -0.271. The Kier molecular flexibility index (Phi) is 5.59. The number of fused-ring (bicyclic) bond motifs is 1. The van der Waals surface area contributed by atoms with Crippen LogP contribution in [-0.4, -0.2) is 52.8 Å². The monoisotopic (exact) mass is 388 g/mol.